The summed E-state index contributed by atoms with van der Waals surface area (Å²) in [7, 11) is 0. The Kier molecular flexibility index (Phi) is 9.31. The predicted molar refractivity (Wildman–Crippen MR) is 133 cm³/mol. The molecule has 32 heavy (non-hydrogen) atoms. The highest BCUT2D eigenvalue weighted by molar-refractivity contribution is 6.31. The van der Waals surface area contributed by atoms with Crippen molar-refractivity contribution in [3.63, 3.8) is 0 Å². The number of nitrogens with one attached hydrogen (secondary N) is 1. The molecular formula is C27H35ClFN3. The molecule has 1 atom stereocenters. The van der Waals surface area contributed by atoms with Crippen LogP contribution >= 0.6 is 11.6 Å². The van der Waals surface area contributed by atoms with Crippen LogP contribution < -0.4 is 5.32 Å². The van der Waals surface area contributed by atoms with Crippen molar-refractivity contribution in [3.05, 3.63) is 76.3 Å². The molecule has 2 aromatic carbocycles. The average molecular weight is 456 g/mol. The van der Waals surface area contributed by atoms with E-state index >= 15 is 0 Å². The van der Waals surface area contributed by atoms with Crippen LogP contribution in [0.25, 0.3) is 11.4 Å². The van der Waals surface area contributed by atoms with Crippen molar-refractivity contribution in [3.8, 4) is 11.4 Å². The fourth-order valence-corrected chi connectivity index (χ4v) is 4.06. The van der Waals surface area contributed by atoms with Crippen molar-refractivity contribution < 1.29 is 4.39 Å². The maximum Gasteiger partial charge on any atom is 0.140 e. The second-order valence-electron chi connectivity index (χ2n) is 8.78. The smallest absolute Gasteiger partial charge is 0.140 e. The lowest BCUT2D eigenvalue weighted by Gasteiger charge is -2.14. The Morgan fingerprint density at radius 2 is 1.91 bits per heavy atom. The van der Waals surface area contributed by atoms with Crippen LogP contribution in [0.1, 0.15) is 56.4 Å². The van der Waals surface area contributed by atoms with Crippen molar-refractivity contribution in [1.82, 2.24) is 14.9 Å². The Balaban J connectivity index is 1.50. The van der Waals surface area contributed by atoms with Gasteiger partial charge >= 0.3 is 0 Å². The molecule has 0 aliphatic carbocycles. The zero-order valence-electron chi connectivity index (χ0n) is 19.5. The topological polar surface area (TPSA) is 29.9 Å². The number of rotatable bonds is 12. The van der Waals surface area contributed by atoms with Crippen LogP contribution in [0.2, 0.25) is 5.02 Å². The number of halogens is 2. The van der Waals surface area contributed by atoms with Gasteiger partial charge in [-0.05, 0) is 86.5 Å². The minimum Gasteiger partial charge on any atom is -0.327 e. The van der Waals surface area contributed by atoms with E-state index in [1.807, 2.05) is 13.1 Å². The van der Waals surface area contributed by atoms with Crippen LogP contribution in [0, 0.1) is 18.7 Å². The van der Waals surface area contributed by atoms with Gasteiger partial charge in [0.2, 0.25) is 0 Å². The molecule has 0 aliphatic heterocycles. The number of aromatic nitrogens is 2. The molecule has 1 N–H and O–H groups in total. The van der Waals surface area contributed by atoms with Gasteiger partial charge in [-0.15, -0.1) is 0 Å². The average Bonchev–Trinajstić information content (AvgIpc) is 3.19. The first-order valence-electron chi connectivity index (χ1n) is 11.7. The molecule has 3 rings (SSSR count). The summed E-state index contributed by atoms with van der Waals surface area (Å²) in [6, 6.07) is 13.0. The summed E-state index contributed by atoms with van der Waals surface area (Å²) in [4.78, 5) is 4.65. The van der Waals surface area contributed by atoms with Crippen molar-refractivity contribution in [2.24, 2.45) is 5.92 Å². The van der Waals surface area contributed by atoms with Crippen LogP contribution in [-0.2, 0) is 19.5 Å². The summed E-state index contributed by atoms with van der Waals surface area (Å²) in [5.41, 5.74) is 4.58. The van der Waals surface area contributed by atoms with E-state index in [2.05, 4.69) is 46.9 Å². The van der Waals surface area contributed by atoms with Crippen LogP contribution in [0.4, 0.5) is 4.39 Å². The molecule has 0 saturated heterocycles. The Morgan fingerprint density at radius 1 is 1.12 bits per heavy atom. The van der Waals surface area contributed by atoms with Gasteiger partial charge in [0.1, 0.15) is 11.6 Å². The zero-order chi connectivity index (χ0) is 22.9. The van der Waals surface area contributed by atoms with E-state index in [1.54, 1.807) is 12.1 Å². The predicted octanol–water partition coefficient (Wildman–Crippen LogP) is 7.20. The third-order valence-corrected chi connectivity index (χ3v) is 6.47. The van der Waals surface area contributed by atoms with Crippen molar-refractivity contribution in [2.45, 2.75) is 66.0 Å². The van der Waals surface area contributed by atoms with Gasteiger partial charge in [0, 0.05) is 23.7 Å². The van der Waals surface area contributed by atoms with Gasteiger partial charge in [0.25, 0.3) is 0 Å². The van der Waals surface area contributed by atoms with Gasteiger partial charge in [-0.25, -0.2) is 9.37 Å². The summed E-state index contributed by atoms with van der Waals surface area (Å²) in [6.45, 7) is 9.24. The van der Waals surface area contributed by atoms with E-state index in [9.17, 15) is 4.39 Å². The van der Waals surface area contributed by atoms with Crippen LogP contribution in [-0.4, -0.2) is 16.1 Å². The van der Waals surface area contributed by atoms with Gasteiger partial charge < -0.3 is 9.88 Å². The Bertz CT molecular complexity index is 981. The number of hydrogen-bond donors (Lipinski definition) is 1. The lowest BCUT2D eigenvalue weighted by atomic mass is 9.98. The van der Waals surface area contributed by atoms with Crippen molar-refractivity contribution in [2.75, 3.05) is 6.54 Å². The van der Waals surface area contributed by atoms with Crippen LogP contribution in [0.5, 0.6) is 0 Å². The third kappa shape index (κ3) is 6.91. The maximum absolute atomic E-state index is 13.3. The highest BCUT2D eigenvalue weighted by atomic mass is 35.5. The third-order valence-electron chi connectivity index (χ3n) is 6.06. The molecule has 3 aromatic rings. The Morgan fingerprint density at radius 3 is 2.62 bits per heavy atom. The molecule has 0 saturated carbocycles. The Labute approximate surface area is 197 Å². The summed E-state index contributed by atoms with van der Waals surface area (Å²) < 4.78 is 15.6. The lowest BCUT2D eigenvalue weighted by molar-refractivity contribution is 0.465. The first-order valence-corrected chi connectivity index (χ1v) is 12.1. The van der Waals surface area contributed by atoms with E-state index in [0.717, 1.165) is 73.7 Å². The van der Waals surface area contributed by atoms with E-state index in [-0.39, 0.29) is 5.82 Å². The van der Waals surface area contributed by atoms with Crippen molar-refractivity contribution in [1.29, 1.82) is 0 Å². The van der Waals surface area contributed by atoms with E-state index in [4.69, 9.17) is 11.6 Å². The first kappa shape index (κ1) is 24.5. The minimum atomic E-state index is -0.220. The van der Waals surface area contributed by atoms with Crippen molar-refractivity contribution >= 4 is 11.6 Å². The number of hydrogen-bond acceptors (Lipinski definition) is 2. The highest BCUT2D eigenvalue weighted by Crippen LogP contribution is 2.22. The molecule has 0 bridgehead atoms. The molecule has 0 fully saturated rings. The van der Waals surface area contributed by atoms with Crippen LogP contribution in [0.15, 0.2) is 48.7 Å². The molecule has 1 unspecified atom stereocenters. The van der Waals surface area contributed by atoms with E-state index in [0.29, 0.717) is 5.92 Å². The zero-order valence-corrected chi connectivity index (χ0v) is 20.3. The largest absolute Gasteiger partial charge is 0.327 e. The number of imidazole rings is 1. The number of benzene rings is 2. The minimum absolute atomic E-state index is 0.220. The molecule has 172 valence electrons. The molecule has 1 aromatic heterocycles. The highest BCUT2D eigenvalue weighted by Gasteiger charge is 2.12. The van der Waals surface area contributed by atoms with Gasteiger partial charge in [0.05, 0.1) is 11.9 Å². The molecule has 0 radical (unpaired) electrons. The maximum atomic E-state index is 13.3. The van der Waals surface area contributed by atoms with Gasteiger partial charge in [-0.2, -0.15) is 0 Å². The Hall–Kier alpha value is -2.17. The molecule has 0 aliphatic rings. The fraction of sp³-hybridized carbons (Fsp3) is 0.444. The molecule has 0 spiro atoms. The quantitative estimate of drug-likeness (QED) is 0.292. The summed E-state index contributed by atoms with van der Waals surface area (Å²) >= 11 is 6.25. The molecule has 3 nitrogen and oxygen atoms in total. The second-order valence-corrected chi connectivity index (χ2v) is 9.19. The van der Waals surface area contributed by atoms with E-state index in [1.165, 1.54) is 23.4 Å². The molecular weight excluding hydrogens is 421 g/mol. The van der Waals surface area contributed by atoms with Gasteiger partial charge in [0.15, 0.2) is 0 Å². The van der Waals surface area contributed by atoms with Gasteiger partial charge in [-0.1, -0.05) is 44.0 Å². The first-order chi connectivity index (χ1) is 15.5. The molecule has 5 heteroatoms. The van der Waals surface area contributed by atoms with E-state index < -0.39 is 0 Å². The normalized spacial score (nSPS) is 12.3. The fourth-order valence-electron chi connectivity index (χ4n) is 3.86. The van der Waals surface area contributed by atoms with Crippen LogP contribution in [0.3, 0.4) is 0 Å². The summed E-state index contributed by atoms with van der Waals surface area (Å²) in [5, 5.41) is 4.45. The number of nitrogens with zero attached hydrogens (tertiary/aromatic N) is 2. The van der Waals surface area contributed by atoms with Gasteiger partial charge in [-0.3, -0.25) is 0 Å². The lowest BCUT2D eigenvalue weighted by Crippen LogP contribution is -2.19. The summed E-state index contributed by atoms with van der Waals surface area (Å²) in [6.07, 6.45) is 7.52. The number of unbranched alkanes of at least 4 members (excludes halogenated alkanes) is 1. The standard InChI is InChI=1S/C27H35ClFN3/c1-4-5-16-32-25(19-31-27(32)23-10-12-24(29)13-11-23)18-30-15-14-20(2)6-8-22-9-7-21(3)26(28)17-22/h7,9-13,17,19-20,30H,4-6,8,14-16,18H2,1-3H3. The SMILES string of the molecule is CCCCn1c(CNCCC(C)CCc2ccc(C)c(Cl)c2)cnc1-c1ccc(F)cc1. The molecule has 0 amide bonds. The summed E-state index contributed by atoms with van der Waals surface area (Å²) in [5.74, 6) is 1.34. The number of aryl methyl sites for hydroxylation is 2. The second kappa shape index (κ2) is 12.2. The monoisotopic (exact) mass is 455 g/mol. The molecule has 1 heterocycles.